The van der Waals surface area contributed by atoms with Gasteiger partial charge in [0.25, 0.3) is 0 Å². The van der Waals surface area contributed by atoms with Gasteiger partial charge < -0.3 is 44.3 Å². The first kappa shape index (κ1) is 25.5. The molecule has 1 aliphatic heterocycles. The largest absolute Gasteiger partial charge is 0.394 e. The fourth-order valence-electron chi connectivity index (χ4n) is 2.53. The minimum atomic E-state index is -1.35. The second-order valence-electron chi connectivity index (χ2n) is 6.10. The number of carbonyl (C=O) groups is 1. The van der Waals surface area contributed by atoms with Crippen LogP contribution in [0.15, 0.2) is 5.11 Å². The zero-order valence-electron chi connectivity index (χ0n) is 16.4. The zero-order chi connectivity index (χ0) is 21.5. The maximum atomic E-state index is 11.3. The molecular weight excluding hydrogens is 392 g/mol. The molecule has 13 nitrogen and oxygen atoms in total. The number of amides is 1. The Bertz CT molecular complexity index is 507. The third-order valence-corrected chi connectivity index (χ3v) is 3.90. The van der Waals surface area contributed by atoms with E-state index in [0.29, 0.717) is 33.0 Å². The number of hydrogen-bond acceptors (Lipinski definition) is 10. The highest BCUT2D eigenvalue weighted by molar-refractivity contribution is 5.73. The molecule has 4 N–H and O–H groups in total. The lowest BCUT2D eigenvalue weighted by Gasteiger charge is -2.42. The summed E-state index contributed by atoms with van der Waals surface area (Å²) in [7, 11) is 0. The Labute approximate surface area is 168 Å². The number of rotatable bonds is 15. The van der Waals surface area contributed by atoms with E-state index in [1.165, 1.54) is 6.92 Å². The number of ether oxygens (including phenoxy) is 5. The molecular formula is C16H30N4O9. The lowest BCUT2D eigenvalue weighted by molar-refractivity contribution is -0.272. The molecule has 1 amide bonds. The van der Waals surface area contributed by atoms with Gasteiger partial charge in [0.2, 0.25) is 5.91 Å². The van der Waals surface area contributed by atoms with Crippen molar-refractivity contribution in [1.82, 2.24) is 5.32 Å². The van der Waals surface area contributed by atoms with E-state index in [1.54, 1.807) is 0 Å². The number of hydrogen-bond donors (Lipinski definition) is 4. The monoisotopic (exact) mass is 422 g/mol. The van der Waals surface area contributed by atoms with Gasteiger partial charge >= 0.3 is 0 Å². The van der Waals surface area contributed by atoms with Crippen molar-refractivity contribution >= 4 is 5.91 Å². The second kappa shape index (κ2) is 15.3. The normalized spacial score (nSPS) is 26.7. The zero-order valence-corrected chi connectivity index (χ0v) is 16.4. The van der Waals surface area contributed by atoms with Crippen molar-refractivity contribution in [2.75, 3.05) is 59.4 Å². The summed E-state index contributed by atoms with van der Waals surface area (Å²) >= 11 is 0. The van der Waals surface area contributed by atoms with E-state index in [2.05, 4.69) is 15.3 Å². The highest BCUT2D eigenvalue weighted by Gasteiger charge is 2.45. The molecule has 0 radical (unpaired) electrons. The van der Waals surface area contributed by atoms with Crippen LogP contribution in [-0.2, 0) is 28.5 Å². The summed E-state index contributed by atoms with van der Waals surface area (Å²) in [6.07, 6.45) is -4.77. The Morgan fingerprint density at radius 2 is 1.66 bits per heavy atom. The molecule has 29 heavy (non-hydrogen) atoms. The number of aliphatic hydroxyl groups excluding tert-OH is 3. The Hall–Kier alpha value is -1.54. The van der Waals surface area contributed by atoms with E-state index < -0.39 is 43.2 Å². The molecule has 0 spiro atoms. The first-order chi connectivity index (χ1) is 14.0. The summed E-state index contributed by atoms with van der Waals surface area (Å²) in [6, 6.07) is -0.979. The predicted octanol–water partition coefficient (Wildman–Crippen LogP) is -1.69. The smallest absolute Gasteiger partial charge is 0.217 e. The topological polar surface area (TPSA) is 185 Å². The van der Waals surface area contributed by atoms with Crippen LogP contribution in [0, 0.1) is 0 Å². The number of nitrogens with one attached hydrogen (secondary N) is 1. The molecule has 168 valence electrons. The molecule has 0 aromatic rings. The summed E-state index contributed by atoms with van der Waals surface area (Å²) < 4.78 is 26.7. The van der Waals surface area contributed by atoms with Gasteiger partial charge in [-0.25, -0.2) is 0 Å². The van der Waals surface area contributed by atoms with Gasteiger partial charge in [-0.3, -0.25) is 4.79 Å². The Morgan fingerprint density at radius 1 is 1.07 bits per heavy atom. The van der Waals surface area contributed by atoms with Crippen LogP contribution in [0.3, 0.4) is 0 Å². The number of nitrogens with zero attached hydrogens (tertiary/aromatic N) is 3. The summed E-state index contributed by atoms with van der Waals surface area (Å²) in [5.41, 5.74) is 8.09. The van der Waals surface area contributed by atoms with Crippen LogP contribution in [0.4, 0.5) is 0 Å². The van der Waals surface area contributed by atoms with Gasteiger partial charge in [0.1, 0.15) is 24.4 Å². The van der Waals surface area contributed by atoms with Gasteiger partial charge in [0.15, 0.2) is 6.29 Å². The van der Waals surface area contributed by atoms with Gasteiger partial charge in [-0.2, -0.15) is 0 Å². The minimum absolute atomic E-state index is 0.101. The fraction of sp³-hybridized carbons (Fsp3) is 0.938. The van der Waals surface area contributed by atoms with Gasteiger partial charge in [-0.05, 0) is 5.53 Å². The molecule has 13 heteroatoms. The molecule has 0 unspecified atom stereocenters. The molecule has 0 aliphatic carbocycles. The quantitative estimate of drug-likeness (QED) is 0.103. The summed E-state index contributed by atoms with van der Waals surface area (Å²) in [5, 5.41) is 35.1. The molecule has 1 rings (SSSR count). The van der Waals surface area contributed by atoms with Crippen molar-refractivity contribution < 1.29 is 43.8 Å². The molecule has 0 aromatic heterocycles. The van der Waals surface area contributed by atoms with Crippen molar-refractivity contribution in [2.45, 2.75) is 37.6 Å². The predicted molar refractivity (Wildman–Crippen MR) is 97.8 cm³/mol. The number of aliphatic hydroxyl groups is 3. The van der Waals surface area contributed by atoms with Gasteiger partial charge in [0, 0.05) is 18.4 Å². The average molecular weight is 422 g/mol. The molecule has 1 aliphatic rings. The maximum Gasteiger partial charge on any atom is 0.217 e. The van der Waals surface area contributed by atoms with Crippen LogP contribution < -0.4 is 5.32 Å². The molecule has 0 bridgehead atoms. The van der Waals surface area contributed by atoms with E-state index in [1.807, 2.05) is 0 Å². The molecule has 5 atom stereocenters. The van der Waals surface area contributed by atoms with Crippen LogP contribution >= 0.6 is 0 Å². The average Bonchev–Trinajstić information content (AvgIpc) is 2.70. The lowest BCUT2D eigenvalue weighted by atomic mass is 9.97. The van der Waals surface area contributed by atoms with Crippen LogP contribution in [-0.4, -0.2) is 111 Å². The molecule has 0 saturated carbocycles. The van der Waals surface area contributed by atoms with Crippen molar-refractivity contribution in [2.24, 2.45) is 5.11 Å². The van der Waals surface area contributed by atoms with Gasteiger partial charge in [0.05, 0.1) is 52.9 Å². The van der Waals surface area contributed by atoms with Crippen LogP contribution in [0.5, 0.6) is 0 Å². The fourth-order valence-corrected chi connectivity index (χ4v) is 2.53. The highest BCUT2D eigenvalue weighted by atomic mass is 16.7. The van der Waals surface area contributed by atoms with Crippen molar-refractivity contribution in [3.8, 4) is 0 Å². The molecule has 1 heterocycles. The Kier molecular flexibility index (Phi) is 13.5. The van der Waals surface area contributed by atoms with E-state index >= 15 is 0 Å². The maximum absolute atomic E-state index is 11.3. The van der Waals surface area contributed by atoms with E-state index in [0.717, 1.165) is 0 Å². The third-order valence-electron chi connectivity index (χ3n) is 3.90. The standard InChI is InChI=1S/C16H30N4O9/c1-11(22)19-13-15(24)14(23)12(10-21)29-16(13)28-9-8-27-7-6-26-5-4-25-3-2-18-20-17/h12-16,21,23-24H,2-10H2,1H3,(H,19,22)/t12-,13-,14-,15-,16-/m1/s1. The lowest BCUT2D eigenvalue weighted by Crippen LogP contribution is -2.64. The van der Waals surface area contributed by atoms with Crippen LogP contribution in [0.1, 0.15) is 6.92 Å². The third kappa shape index (κ3) is 10.2. The van der Waals surface area contributed by atoms with Crippen molar-refractivity contribution in [3.05, 3.63) is 10.4 Å². The van der Waals surface area contributed by atoms with Crippen molar-refractivity contribution in [1.29, 1.82) is 0 Å². The molecule has 1 fully saturated rings. The van der Waals surface area contributed by atoms with E-state index in [9.17, 15) is 20.1 Å². The molecule has 1 saturated heterocycles. The number of azide groups is 1. The van der Waals surface area contributed by atoms with E-state index in [4.69, 9.17) is 29.2 Å². The Balaban J connectivity index is 2.16. The first-order valence-electron chi connectivity index (χ1n) is 9.26. The Morgan fingerprint density at radius 3 is 2.21 bits per heavy atom. The summed E-state index contributed by atoms with van der Waals surface area (Å²) in [6.45, 7) is 3.13. The minimum Gasteiger partial charge on any atom is -0.394 e. The van der Waals surface area contributed by atoms with Crippen LogP contribution in [0.2, 0.25) is 0 Å². The molecule has 0 aromatic carbocycles. The second-order valence-corrected chi connectivity index (χ2v) is 6.10. The summed E-state index contributed by atoms with van der Waals surface area (Å²) in [5.74, 6) is -0.420. The number of carbonyl (C=O) groups excluding carboxylic acids is 1. The van der Waals surface area contributed by atoms with Gasteiger partial charge in [-0.1, -0.05) is 5.11 Å². The first-order valence-corrected chi connectivity index (χ1v) is 9.26. The van der Waals surface area contributed by atoms with Gasteiger partial charge in [-0.15, -0.1) is 0 Å². The SMILES string of the molecule is CC(=O)N[C@H]1[C@H](OCCOCCOCCOCCN=[N+]=[N-])O[C@H](CO)[C@@H](O)[C@@H]1O. The van der Waals surface area contributed by atoms with Crippen molar-refractivity contribution in [3.63, 3.8) is 0 Å². The highest BCUT2D eigenvalue weighted by Crippen LogP contribution is 2.22. The van der Waals surface area contributed by atoms with Crippen LogP contribution in [0.25, 0.3) is 10.4 Å². The summed E-state index contributed by atoms with van der Waals surface area (Å²) in [4.78, 5) is 13.9. The van der Waals surface area contributed by atoms with E-state index in [-0.39, 0.29) is 19.8 Å².